The van der Waals surface area contributed by atoms with Gasteiger partial charge >= 0.3 is 0 Å². The topological polar surface area (TPSA) is 25.8 Å². The molecule has 54 valence electrons. The Bertz CT molecular complexity index is 215. The van der Waals surface area contributed by atoms with Crippen LogP contribution in [-0.2, 0) is 5.33 Å². The van der Waals surface area contributed by atoms with Crippen LogP contribution in [0.5, 0.6) is 0 Å². The normalized spacial score (nSPS) is 9.90. The molecule has 0 N–H and O–H groups in total. The third-order valence-corrected chi connectivity index (χ3v) is 1.65. The van der Waals surface area contributed by atoms with Crippen molar-refractivity contribution in [2.45, 2.75) is 19.2 Å². The fourth-order valence-corrected chi connectivity index (χ4v) is 1.11. The lowest BCUT2D eigenvalue weighted by atomic mass is 10.3. The molecule has 3 heteroatoms. The monoisotopic (exact) mass is 200 g/mol. The first-order valence-electron chi connectivity index (χ1n) is 3.09. The Morgan fingerprint density at radius 3 is 2.20 bits per heavy atom. The predicted molar refractivity (Wildman–Crippen MR) is 44.1 cm³/mol. The van der Waals surface area contributed by atoms with Crippen molar-refractivity contribution in [2.24, 2.45) is 0 Å². The molecule has 0 aliphatic rings. The Kier molecular flexibility index (Phi) is 2.38. The number of nitrogens with zero attached hydrogens (tertiary/aromatic N) is 2. The molecule has 0 unspecified atom stereocenters. The molecule has 1 aromatic rings. The molecule has 0 aliphatic heterocycles. The Balaban J connectivity index is 3.06. The summed E-state index contributed by atoms with van der Waals surface area (Å²) in [5, 5.41) is 0.732. The molecular formula is C7H9BrN2. The molecule has 0 aliphatic carbocycles. The van der Waals surface area contributed by atoms with Crippen LogP contribution < -0.4 is 0 Å². The molecule has 2 nitrogen and oxygen atoms in total. The minimum absolute atomic E-state index is 0.732. The molecule has 0 aromatic carbocycles. The lowest BCUT2D eigenvalue weighted by Gasteiger charge is -1.97. The standard InChI is InChI=1S/C7H9BrN2/c1-5-3-6(2)10-7(4-8)9-5/h3H,4H2,1-2H3. The number of aromatic nitrogens is 2. The van der Waals surface area contributed by atoms with Gasteiger partial charge in [0.05, 0.1) is 5.33 Å². The molecule has 1 heterocycles. The smallest absolute Gasteiger partial charge is 0.139 e. The minimum Gasteiger partial charge on any atom is -0.237 e. The summed E-state index contributed by atoms with van der Waals surface area (Å²) < 4.78 is 0. The summed E-state index contributed by atoms with van der Waals surface area (Å²) in [5.74, 6) is 0.859. The molecular weight excluding hydrogens is 192 g/mol. The van der Waals surface area contributed by atoms with Crippen LogP contribution in [0.1, 0.15) is 17.2 Å². The van der Waals surface area contributed by atoms with Gasteiger partial charge in [0.2, 0.25) is 0 Å². The van der Waals surface area contributed by atoms with Gasteiger partial charge in [0.1, 0.15) is 5.82 Å². The molecule has 1 rings (SSSR count). The van der Waals surface area contributed by atoms with E-state index in [1.165, 1.54) is 0 Å². The Morgan fingerprint density at radius 2 is 1.80 bits per heavy atom. The zero-order valence-corrected chi connectivity index (χ0v) is 7.64. The van der Waals surface area contributed by atoms with Crippen LogP contribution in [0.25, 0.3) is 0 Å². The van der Waals surface area contributed by atoms with Crippen LogP contribution in [0.3, 0.4) is 0 Å². The van der Waals surface area contributed by atoms with Gasteiger partial charge < -0.3 is 0 Å². The third-order valence-electron chi connectivity index (χ3n) is 1.15. The summed E-state index contributed by atoms with van der Waals surface area (Å²) in [6.07, 6.45) is 0. The van der Waals surface area contributed by atoms with Crippen molar-refractivity contribution >= 4 is 15.9 Å². The Labute approximate surface area is 68.8 Å². The number of aryl methyl sites for hydroxylation is 2. The van der Waals surface area contributed by atoms with Gasteiger partial charge in [-0.15, -0.1) is 0 Å². The minimum atomic E-state index is 0.732. The number of rotatable bonds is 1. The maximum Gasteiger partial charge on any atom is 0.139 e. The van der Waals surface area contributed by atoms with Gasteiger partial charge in [-0.3, -0.25) is 0 Å². The lowest BCUT2D eigenvalue weighted by Crippen LogP contribution is -1.95. The van der Waals surface area contributed by atoms with Crippen molar-refractivity contribution in [1.82, 2.24) is 9.97 Å². The predicted octanol–water partition coefficient (Wildman–Crippen LogP) is 1.99. The average Bonchev–Trinajstić information content (AvgIpc) is 1.85. The quantitative estimate of drug-likeness (QED) is 0.649. The van der Waals surface area contributed by atoms with E-state index in [-0.39, 0.29) is 0 Å². The van der Waals surface area contributed by atoms with E-state index in [0.717, 1.165) is 22.5 Å². The number of hydrogen-bond acceptors (Lipinski definition) is 2. The molecule has 0 atom stereocenters. The first-order valence-corrected chi connectivity index (χ1v) is 4.21. The number of halogens is 1. The number of hydrogen-bond donors (Lipinski definition) is 0. The largest absolute Gasteiger partial charge is 0.237 e. The van der Waals surface area contributed by atoms with Gasteiger partial charge in [-0.25, -0.2) is 9.97 Å². The maximum absolute atomic E-state index is 4.19. The summed E-state index contributed by atoms with van der Waals surface area (Å²) in [5.41, 5.74) is 2.06. The van der Waals surface area contributed by atoms with Gasteiger partial charge in [0, 0.05) is 11.4 Å². The number of alkyl halides is 1. The maximum atomic E-state index is 4.19. The highest BCUT2D eigenvalue weighted by Gasteiger charge is 1.95. The summed E-state index contributed by atoms with van der Waals surface area (Å²) >= 11 is 3.30. The van der Waals surface area contributed by atoms with Gasteiger partial charge in [-0.05, 0) is 19.9 Å². The van der Waals surface area contributed by atoms with Crippen LogP contribution in [0, 0.1) is 13.8 Å². The molecule has 0 bridgehead atoms. The summed E-state index contributed by atoms with van der Waals surface area (Å²) in [6, 6.07) is 1.96. The SMILES string of the molecule is Cc1cc(C)nc(CBr)n1. The second-order valence-electron chi connectivity index (χ2n) is 2.20. The van der Waals surface area contributed by atoms with Crippen molar-refractivity contribution in [1.29, 1.82) is 0 Å². The summed E-state index contributed by atoms with van der Waals surface area (Å²) in [6.45, 7) is 3.95. The Morgan fingerprint density at radius 1 is 1.30 bits per heavy atom. The van der Waals surface area contributed by atoms with Gasteiger partial charge in [-0.2, -0.15) is 0 Å². The molecule has 0 saturated heterocycles. The third kappa shape index (κ3) is 1.77. The molecule has 0 amide bonds. The van der Waals surface area contributed by atoms with E-state index in [1.807, 2.05) is 19.9 Å². The molecule has 0 radical (unpaired) electrons. The highest BCUT2D eigenvalue weighted by atomic mass is 79.9. The van der Waals surface area contributed by atoms with Crippen molar-refractivity contribution < 1.29 is 0 Å². The van der Waals surface area contributed by atoms with Gasteiger partial charge in [-0.1, -0.05) is 15.9 Å². The van der Waals surface area contributed by atoms with Crippen LogP contribution in [0.2, 0.25) is 0 Å². The highest BCUT2D eigenvalue weighted by Crippen LogP contribution is 2.02. The fourth-order valence-electron chi connectivity index (χ4n) is 0.859. The van der Waals surface area contributed by atoms with Crippen molar-refractivity contribution in [3.05, 3.63) is 23.3 Å². The molecule has 1 aromatic heterocycles. The van der Waals surface area contributed by atoms with E-state index in [4.69, 9.17) is 0 Å². The molecule has 0 spiro atoms. The second-order valence-corrected chi connectivity index (χ2v) is 2.76. The van der Waals surface area contributed by atoms with E-state index < -0.39 is 0 Å². The summed E-state index contributed by atoms with van der Waals surface area (Å²) in [7, 11) is 0. The van der Waals surface area contributed by atoms with Crippen molar-refractivity contribution in [3.8, 4) is 0 Å². The van der Waals surface area contributed by atoms with Crippen LogP contribution >= 0.6 is 15.9 Å². The zero-order chi connectivity index (χ0) is 7.56. The van der Waals surface area contributed by atoms with E-state index in [2.05, 4.69) is 25.9 Å². The first-order chi connectivity index (χ1) is 4.72. The fraction of sp³-hybridized carbons (Fsp3) is 0.429. The molecule has 0 fully saturated rings. The molecule has 10 heavy (non-hydrogen) atoms. The summed E-state index contributed by atoms with van der Waals surface area (Å²) in [4.78, 5) is 8.39. The first kappa shape index (κ1) is 7.66. The van der Waals surface area contributed by atoms with Gasteiger partial charge in [0.15, 0.2) is 0 Å². The van der Waals surface area contributed by atoms with Crippen molar-refractivity contribution in [3.63, 3.8) is 0 Å². The van der Waals surface area contributed by atoms with E-state index in [9.17, 15) is 0 Å². The van der Waals surface area contributed by atoms with E-state index in [1.54, 1.807) is 0 Å². The highest BCUT2D eigenvalue weighted by molar-refractivity contribution is 9.08. The average molecular weight is 201 g/mol. The Hall–Kier alpha value is -0.440. The molecule has 0 saturated carbocycles. The van der Waals surface area contributed by atoms with E-state index >= 15 is 0 Å². The van der Waals surface area contributed by atoms with Crippen LogP contribution in [-0.4, -0.2) is 9.97 Å². The lowest BCUT2D eigenvalue weighted by molar-refractivity contribution is 0.968. The second kappa shape index (κ2) is 3.10. The van der Waals surface area contributed by atoms with E-state index in [0.29, 0.717) is 0 Å². The van der Waals surface area contributed by atoms with Crippen LogP contribution in [0.15, 0.2) is 6.07 Å². The van der Waals surface area contributed by atoms with Gasteiger partial charge in [0.25, 0.3) is 0 Å². The van der Waals surface area contributed by atoms with Crippen molar-refractivity contribution in [2.75, 3.05) is 0 Å². The van der Waals surface area contributed by atoms with Crippen LogP contribution in [0.4, 0.5) is 0 Å². The zero-order valence-electron chi connectivity index (χ0n) is 6.06.